The molecule has 3 nitrogen and oxygen atoms in total. The summed E-state index contributed by atoms with van der Waals surface area (Å²) in [6.07, 6.45) is 1.70. The maximum absolute atomic E-state index is 13.7. The average Bonchev–Trinajstić information content (AvgIpc) is 2.48. The molecule has 1 heterocycles. The van der Waals surface area contributed by atoms with Crippen LogP contribution in [0, 0.1) is 5.82 Å². The molecule has 21 heavy (non-hydrogen) atoms. The fourth-order valence-corrected chi connectivity index (χ4v) is 2.45. The maximum atomic E-state index is 13.7. The predicted molar refractivity (Wildman–Crippen MR) is 84.6 cm³/mol. The highest BCUT2D eigenvalue weighted by molar-refractivity contribution is 9.10. The molecule has 0 bridgehead atoms. The number of ether oxygens (including phenoxy) is 1. The number of fused-ring (bicyclic) bond motifs is 1. The zero-order valence-corrected chi connectivity index (χ0v) is 12.6. The SMILES string of the molecule is Nc1ccc(COc2ccc(Br)cc2F)c2ncccc12. The van der Waals surface area contributed by atoms with Gasteiger partial charge in [-0.1, -0.05) is 22.0 Å². The molecule has 3 rings (SSSR count). The Kier molecular flexibility index (Phi) is 3.75. The molecule has 0 aliphatic rings. The standard InChI is InChI=1S/C16H12BrFN2O/c17-11-4-6-15(13(18)8-11)21-9-10-3-5-14(19)12-2-1-7-20-16(10)12/h1-8H,9,19H2. The summed E-state index contributed by atoms with van der Waals surface area (Å²) in [5, 5.41) is 0.870. The van der Waals surface area contributed by atoms with E-state index in [0.717, 1.165) is 16.5 Å². The van der Waals surface area contributed by atoms with Crippen LogP contribution >= 0.6 is 15.9 Å². The van der Waals surface area contributed by atoms with Crippen molar-refractivity contribution in [1.82, 2.24) is 4.98 Å². The van der Waals surface area contributed by atoms with Gasteiger partial charge >= 0.3 is 0 Å². The monoisotopic (exact) mass is 346 g/mol. The summed E-state index contributed by atoms with van der Waals surface area (Å²) < 4.78 is 20.0. The summed E-state index contributed by atoms with van der Waals surface area (Å²) in [5.41, 5.74) is 8.23. The molecule has 0 spiro atoms. The van der Waals surface area contributed by atoms with Crippen molar-refractivity contribution in [1.29, 1.82) is 0 Å². The van der Waals surface area contributed by atoms with E-state index in [9.17, 15) is 4.39 Å². The van der Waals surface area contributed by atoms with Crippen LogP contribution in [0.1, 0.15) is 5.56 Å². The van der Waals surface area contributed by atoms with Gasteiger partial charge in [-0.25, -0.2) is 4.39 Å². The molecule has 0 aliphatic heterocycles. The summed E-state index contributed by atoms with van der Waals surface area (Å²) in [6, 6.07) is 12.1. The van der Waals surface area contributed by atoms with Crippen LogP contribution in [-0.4, -0.2) is 4.98 Å². The highest BCUT2D eigenvalue weighted by Crippen LogP contribution is 2.26. The van der Waals surface area contributed by atoms with Crippen LogP contribution in [0.2, 0.25) is 0 Å². The van der Waals surface area contributed by atoms with E-state index in [-0.39, 0.29) is 12.4 Å². The van der Waals surface area contributed by atoms with Gasteiger partial charge < -0.3 is 10.5 Å². The molecule has 2 aromatic carbocycles. The van der Waals surface area contributed by atoms with Crippen LogP contribution in [-0.2, 0) is 6.61 Å². The number of hydrogen-bond acceptors (Lipinski definition) is 3. The third-order valence-corrected chi connectivity index (χ3v) is 3.66. The van der Waals surface area contributed by atoms with Gasteiger partial charge in [0.25, 0.3) is 0 Å². The van der Waals surface area contributed by atoms with Gasteiger partial charge in [0.05, 0.1) is 5.52 Å². The third kappa shape index (κ3) is 2.83. The zero-order valence-electron chi connectivity index (χ0n) is 11.0. The van der Waals surface area contributed by atoms with Gasteiger partial charge in [0, 0.05) is 27.3 Å². The Labute approximate surface area is 129 Å². The van der Waals surface area contributed by atoms with E-state index in [2.05, 4.69) is 20.9 Å². The lowest BCUT2D eigenvalue weighted by Gasteiger charge is -2.10. The fourth-order valence-electron chi connectivity index (χ4n) is 2.12. The topological polar surface area (TPSA) is 48.1 Å². The first-order chi connectivity index (χ1) is 10.1. The van der Waals surface area contributed by atoms with E-state index in [1.807, 2.05) is 18.2 Å². The van der Waals surface area contributed by atoms with E-state index < -0.39 is 5.82 Å². The number of pyridine rings is 1. The average molecular weight is 347 g/mol. The second kappa shape index (κ2) is 5.69. The first kappa shape index (κ1) is 13.8. The summed E-state index contributed by atoms with van der Waals surface area (Å²) >= 11 is 3.21. The van der Waals surface area contributed by atoms with Gasteiger partial charge in [0.15, 0.2) is 11.6 Å². The minimum Gasteiger partial charge on any atom is -0.486 e. The molecule has 5 heteroatoms. The number of nitrogens with two attached hydrogens (primary N) is 1. The van der Waals surface area contributed by atoms with E-state index in [1.165, 1.54) is 6.07 Å². The Hall–Kier alpha value is -2.14. The summed E-state index contributed by atoms with van der Waals surface area (Å²) in [4.78, 5) is 4.33. The van der Waals surface area contributed by atoms with E-state index in [4.69, 9.17) is 10.5 Å². The summed E-state index contributed by atoms with van der Waals surface area (Å²) in [6.45, 7) is 0.229. The summed E-state index contributed by atoms with van der Waals surface area (Å²) in [5.74, 6) is -0.198. The molecule has 0 aliphatic carbocycles. The molecular formula is C16H12BrFN2O. The molecule has 2 N–H and O–H groups in total. The van der Waals surface area contributed by atoms with Crippen LogP contribution in [0.3, 0.4) is 0 Å². The molecule has 3 aromatic rings. The Bertz CT molecular complexity index is 807. The minimum atomic E-state index is -0.405. The first-order valence-corrected chi connectivity index (χ1v) is 7.14. The van der Waals surface area contributed by atoms with Crippen LogP contribution in [0.15, 0.2) is 53.1 Å². The van der Waals surface area contributed by atoms with Crippen molar-refractivity contribution in [2.24, 2.45) is 0 Å². The van der Waals surface area contributed by atoms with E-state index >= 15 is 0 Å². The Balaban J connectivity index is 1.90. The lowest BCUT2D eigenvalue weighted by Crippen LogP contribution is -2.00. The van der Waals surface area contributed by atoms with Gasteiger partial charge in [0.1, 0.15) is 6.61 Å². The van der Waals surface area contributed by atoms with Crippen molar-refractivity contribution in [3.63, 3.8) is 0 Å². The first-order valence-electron chi connectivity index (χ1n) is 6.35. The van der Waals surface area contributed by atoms with Crippen molar-refractivity contribution in [2.75, 3.05) is 5.73 Å². The molecule has 1 aromatic heterocycles. The van der Waals surface area contributed by atoms with Crippen molar-refractivity contribution < 1.29 is 9.13 Å². The third-order valence-electron chi connectivity index (χ3n) is 3.16. The molecule has 0 amide bonds. The Morgan fingerprint density at radius 2 is 2.05 bits per heavy atom. The summed E-state index contributed by atoms with van der Waals surface area (Å²) in [7, 11) is 0. The maximum Gasteiger partial charge on any atom is 0.166 e. The van der Waals surface area contributed by atoms with Crippen molar-refractivity contribution in [2.45, 2.75) is 6.61 Å². The highest BCUT2D eigenvalue weighted by atomic mass is 79.9. The van der Waals surface area contributed by atoms with Crippen molar-refractivity contribution in [3.05, 3.63) is 64.5 Å². The minimum absolute atomic E-state index is 0.208. The number of halogens is 2. The largest absolute Gasteiger partial charge is 0.486 e. The van der Waals surface area contributed by atoms with Gasteiger partial charge in [-0.3, -0.25) is 4.98 Å². The molecule has 0 saturated heterocycles. The predicted octanol–water partition coefficient (Wildman–Crippen LogP) is 4.30. The molecule has 0 saturated carbocycles. The number of anilines is 1. The highest BCUT2D eigenvalue weighted by Gasteiger charge is 2.08. The molecule has 0 fully saturated rings. The molecule has 0 atom stereocenters. The molecule has 0 unspecified atom stereocenters. The van der Waals surface area contributed by atoms with Gasteiger partial charge in [-0.05, 0) is 36.4 Å². The lowest BCUT2D eigenvalue weighted by atomic mass is 10.1. The number of rotatable bonds is 3. The Morgan fingerprint density at radius 1 is 1.19 bits per heavy atom. The molecule has 106 valence electrons. The van der Waals surface area contributed by atoms with E-state index in [1.54, 1.807) is 24.4 Å². The van der Waals surface area contributed by atoms with Crippen molar-refractivity contribution in [3.8, 4) is 5.75 Å². The number of benzene rings is 2. The Morgan fingerprint density at radius 3 is 2.86 bits per heavy atom. The zero-order chi connectivity index (χ0) is 14.8. The number of aromatic nitrogens is 1. The van der Waals surface area contributed by atoms with Crippen LogP contribution < -0.4 is 10.5 Å². The smallest absolute Gasteiger partial charge is 0.166 e. The lowest BCUT2D eigenvalue weighted by molar-refractivity contribution is 0.291. The van der Waals surface area contributed by atoms with Gasteiger partial charge in [-0.2, -0.15) is 0 Å². The number of nitrogens with zero attached hydrogens (tertiary/aromatic N) is 1. The fraction of sp³-hybridized carbons (Fsp3) is 0.0625. The second-order valence-electron chi connectivity index (χ2n) is 4.58. The van der Waals surface area contributed by atoms with Crippen molar-refractivity contribution >= 4 is 32.5 Å². The normalized spacial score (nSPS) is 10.8. The number of hydrogen-bond donors (Lipinski definition) is 1. The molecular weight excluding hydrogens is 335 g/mol. The van der Waals surface area contributed by atoms with Crippen LogP contribution in [0.25, 0.3) is 10.9 Å². The quantitative estimate of drug-likeness (QED) is 0.719. The van der Waals surface area contributed by atoms with Crippen LogP contribution in [0.5, 0.6) is 5.75 Å². The van der Waals surface area contributed by atoms with Crippen LogP contribution in [0.4, 0.5) is 10.1 Å². The van der Waals surface area contributed by atoms with E-state index in [0.29, 0.717) is 10.2 Å². The van der Waals surface area contributed by atoms with Gasteiger partial charge in [-0.15, -0.1) is 0 Å². The van der Waals surface area contributed by atoms with Gasteiger partial charge in [0.2, 0.25) is 0 Å². The number of nitrogen functional groups attached to an aromatic ring is 1. The second-order valence-corrected chi connectivity index (χ2v) is 5.49. The molecule has 0 radical (unpaired) electrons.